The highest BCUT2D eigenvalue weighted by atomic mass is 16.1. The van der Waals surface area contributed by atoms with Gasteiger partial charge in [0.2, 0.25) is 0 Å². The van der Waals surface area contributed by atoms with E-state index in [4.69, 9.17) is 5.73 Å². The van der Waals surface area contributed by atoms with Crippen molar-refractivity contribution in [2.45, 2.75) is 52.5 Å². The molecule has 2 aromatic carbocycles. The SMILES string of the molecule is Cc1ccc(Nc2cc(C3(C)CC4=C(CC(C)(C)CC4=O)N3)ccc2C(N)=O)cc1. The van der Waals surface area contributed by atoms with Gasteiger partial charge in [0, 0.05) is 29.8 Å². The summed E-state index contributed by atoms with van der Waals surface area (Å²) in [6, 6.07) is 13.7. The van der Waals surface area contributed by atoms with Crippen LogP contribution in [0.25, 0.3) is 0 Å². The minimum atomic E-state index is -0.477. The van der Waals surface area contributed by atoms with Gasteiger partial charge in [-0.3, -0.25) is 9.59 Å². The minimum absolute atomic E-state index is 0.0256. The quantitative estimate of drug-likeness (QED) is 0.691. The topological polar surface area (TPSA) is 84.2 Å². The number of nitrogens with one attached hydrogen (secondary N) is 2. The molecule has 1 amide bonds. The van der Waals surface area contributed by atoms with Crippen molar-refractivity contribution in [1.29, 1.82) is 0 Å². The molecule has 0 radical (unpaired) electrons. The molecule has 0 spiro atoms. The molecular weight excluding hydrogens is 374 g/mol. The van der Waals surface area contributed by atoms with Gasteiger partial charge in [-0.25, -0.2) is 0 Å². The molecule has 0 bridgehead atoms. The third-order valence-electron chi connectivity index (χ3n) is 6.21. The van der Waals surface area contributed by atoms with Crippen LogP contribution in [-0.4, -0.2) is 11.7 Å². The number of allylic oxidation sites excluding steroid dienone is 1. The third kappa shape index (κ3) is 3.72. The average molecular weight is 404 g/mol. The Kier molecular flexibility index (Phi) is 4.72. The van der Waals surface area contributed by atoms with E-state index < -0.39 is 11.4 Å². The van der Waals surface area contributed by atoms with E-state index in [1.165, 1.54) is 0 Å². The van der Waals surface area contributed by atoms with Crippen molar-refractivity contribution in [1.82, 2.24) is 5.32 Å². The molecule has 30 heavy (non-hydrogen) atoms. The van der Waals surface area contributed by atoms with Crippen molar-refractivity contribution in [3.8, 4) is 0 Å². The molecule has 1 aliphatic carbocycles. The number of amides is 1. The third-order valence-corrected chi connectivity index (χ3v) is 6.21. The molecule has 156 valence electrons. The molecule has 0 saturated heterocycles. The van der Waals surface area contributed by atoms with Crippen LogP contribution in [0.4, 0.5) is 11.4 Å². The molecule has 1 heterocycles. The van der Waals surface area contributed by atoms with Crippen LogP contribution in [0.2, 0.25) is 0 Å². The standard InChI is InChI=1S/C25H29N3O2/c1-15-5-8-17(9-6-15)27-20-11-16(7-10-18(20)23(26)30)25(4)12-19-21(28-25)13-24(2,3)14-22(19)29/h5-11,27-28H,12-14H2,1-4H3,(H2,26,30). The number of carbonyl (C=O) groups excluding carboxylic acids is 2. The molecule has 1 unspecified atom stereocenters. The lowest BCUT2D eigenvalue weighted by Gasteiger charge is -2.31. The monoisotopic (exact) mass is 403 g/mol. The van der Waals surface area contributed by atoms with Gasteiger partial charge in [0.1, 0.15) is 0 Å². The molecule has 1 aliphatic heterocycles. The van der Waals surface area contributed by atoms with E-state index in [0.29, 0.717) is 24.1 Å². The first-order valence-corrected chi connectivity index (χ1v) is 10.4. The Balaban J connectivity index is 1.67. The fourth-order valence-corrected chi connectivity index (χ4v) is 4.59. The largest absolute Gasteiger partial charge is 0.378 e. The summed E-state index contributed by atoms with van der Waals surface area (Å²) in [6.07, 6.45) is 2.11. The predicted octanol–water partition coefficient (Wildman–Crippen LogP) is 4.69. The molecule has 5 heteroatoms. The lowest BCUT2D eigenvalue weighted by molar-refractivity contribution is -0.118. The number of aryl methyl sites for hydroxylation is 1. The molecule has 0 fully saturated rings. The fraction of sp³-hybridized carbons (Fsp3) is 0.360. The maximum absolute atomic E-state index is 12.7. The molecule has 2 aromatic rings. The Labute approximate surface area is 177 Å². The van der Waals surface area contributed by atoms with E-state index in [0.717, 1.165) is 34.5 Å². The zero-order valence-electron chi connectivity index (χ0n) is 18.1. The number of hydrogen-bond donors (Lipinski definition) is 3. The Hall–Kier alpha value is -3.08. The summed E-state index contributed by atoms with van der Waals surface area (Å²) >= 11 is 0. The first-order valence-electron chi connectivity index (χ1n) is 10.4. The number of carbonyl (C=O) groups is 2. The van der Waals surface area contributed by atoms with Crippen LogP contribution >= 0.6 is 0 Å². The number of Topliss-reactive ketones (excluding diaryl/α,β-unsaturated/α-hetero) is 1. The zero-order valence-corrected chi connectivity index (χ0v) is 18.1. The highest BCUT2D eigenvalue weighted by Crippen LogP contribution is 2.46. The van der Waals surface area contributed by atoms with Crippen molar-refractivity contribution in [3.63, 3.8) is 0 Å². The number of ketones is 1. The maximum atomic E-state index is 12.7. The normalized spacial score (nSPS) is 22.5. The zero-order chi connectivity index (χ0) is 21.7. The number of nitrogens with two attached hydrogens (primary N) is 1. The van der Waals surface area contributed by atoms with Crippen molar-refractivity contribution in [2.75, 3.05) is 5.32 Å². The number of anilines is 2. The molecule has 4 N–H and O–H groups in total. The molecule has 0 aromatic heterocycles. The van der Waals surface area contributed by atoms with Crippen LogP contribution in [0.5, 0.6) is 0 Å². The van der Waals surface area contributed by atoms with E-state index in [1.54, 1.807) is 6.07 Å². The Bertz CT molecular complexity index is 1070. The average Bonchev–Trinajstić information content (AvgIpc) is 3.00. The minimum Gasteiger partial charge on any atom is -0.378 e. The summed E-state index contributed by atoms with van der Waals surface area (Å²) in [5.41, 5.74) is 11.4. The van der Waals surface area contributed by atoms with Gasteiger partial charge in [-0.05, 0) is 55.5 Å². The number of primary amides is 1. The summed E-state index contributed by atoms with van der Waals surface area (Å²) in [7, 11) is 0. The van der Waals surface area contributed by atoms with Gasteiger partial charge in [0.25, 0.3) is 5.91 Å². The van der Waals surface area contributed by atoms with Gasteiger partial charge in [0.15, 0.2) is 5.78 Å². The summed E-state index contributed by atoms with van der Waals surface area (Å²) in [5.74, 6) is -0.237. The lowest BCUT2D eigenvalue weighted by Crippen LogP contribution is -2.35. The van der Waals surface area contributed by atoms with Crippen LogP contribution in [0.3, 0.4) is 0 Å². The summed E-state index contributed by atoms with van der Waals surface area (Å²) < 4.78 is 0. The van der Waals surface area contributed by atoms with E-state index in [2.05, 4.69) is 31.4 Å². The molecule has 1 atom stereocenters. The molecule has 5 nitrogen and oxygen atoms in total. The van der Waals surface area contributed by atoms with Gasteiger partial charge in [0.05, 0.1) is 16.8 Å². The van der Waals surface area contributed by atoms with E-state index in [9.17, 15) is 9.59 Å². The predicted molar refractivity (Wildman–Crippen MR) is 120 cm³/mol. The fourth-order valence-electron chi connectivity index (χ4n) is 4.59. The lowest BCUT2D eigenvalue weighted by atomic mass is 9.75. The van der Waals surface area contributed by atoms with Crippen molar-refractivity contribution in [2.24, 2.45) is 11.1 Å². The summed E-state index contributed by atoms with van der Waals surface area (Å²) in [5, 5.41) is 6.97. The highest BCUT2D eigenvalue weighted by Gasteiger charge is 2.43. The number of benzene rings is 2. The number of hydrogen-bond acceptors (Lipinski definition) is 4. The first kappa shape index (κ1) is 20.2. The van der Waals surface area contributed by atoms with Gasteiger partial charge in [-0.15, -0.1) is 0 Å². The van der Waals surface area contributed by atoms with Crippen molar-refractivity contribution >= 4 is 23.1 Å². The van der Waals surface area contributed by atoms with E-state index in [-0.39, 0.29) is 11.2 Å². The second kappa shape index (κ2) is 7.01. The highest BCUT2D eigenvalue weighted by molar-refractivity contribution is 6.00. The second-order valence-corrected chi connectivity index (χ2v) is 9.65. The summed E-state index contributed by atoms with van der Waals surface area (Å²) in [6.45, 7) is 8.41. The maximum Gasteiger partial charge on any atom is 0.250 e. The Morgan fingerprint density at radius 3 is 2.40 bits per heavy atom. The molecular formula is C25H29N3O2. The van der Waals surface area contributed by atoms with Gasteiger partial charge >= 0.3 is 0 Å². The molecule has 0 saturated carbocycles. The van der Waals surface area contributed by atoms with Crippen molar-refractivity contribution < 1.29 is 9.59 Å². The Morgan fingerprint density at radius 1 is 1.03 bits per heavy atom. The van der Waals surface area contributed by atoms with Crippen LogP contribution in [0, 0.1) is 12.3 Å². The molecule has 4 rings (SSSR count). The first-order chi connectivity index (χ1) is 14.1. The van der Waals surface area contributed by atoms with Crippen LogP contribution in [-0.2, 0) is 10.3 Å². The van der Waals surface area contributed by atoms with Crippen LogP contribution in [0.1, 0.15) is 61.5 Å². The van der Waals surface area contributed by atoms with Crippen LogP contribution in [0.15, 0.2) is 53.7 Å². The van der Waals surface area contributed by atoms with Crippen LogP contribution < -0.4 is 16.4 Å². The number of rotatable bonds is 4. The molecule has 2 aliphatic rings. The van der Waals surface area contributed by atoms with Gasteiger partial charge in [-0.1, -0.05) is 37.6 Å². The Morgan fingerprint density at radius 2 is 1.73 bits per heavy atom. The van der Waals surface area contributed by atoms with E-state index in [1.807, 2.05) is 43.3 Å². The second-order valence-electron chi connectivity index (χ2n) is 9.65. The van der Waals surface area contributed by atoms with Crippen molar-refractivity contribution in [3.05, 3.63) is 70.4 Å². The summed E-state index contributed by atoms with van der Waals surface area (Å²) in [4.78, 5) is 24.7. The van der Waals surface area contributed by atoms with E-state index >= 15 is 0 Å². The van der Waals surface area contributed by atoms with Gasteiger partial charge in [-0.2, -0.15) is 0 Å². The smallest absolute Gasteiger partial charge is 0.250 e. The van der Waals surface area contributed by atoms with Gasteiger partial charge < -0.3 is 16.4 Å².